The molecule has 1 N–H and O–H groups in total. The summed E-state index contributed by atoms with van der Waals surface area (Å²) >= 11 is 6.00. The van der Waals surface area contributed by atoms with Crippen LogP contribution in [0.1, 0.15) is 35.6 Å². The Labute approximate surface area is 117 Å². The van der Waals surface area contributed by atoms with E-state index in [1.54, 1.807) is 12.1 Å². The van der Waals surface area contributed by atoms with Gasteiger partial charge in [0, 0.05) is 28.7 Å². The molecule has 1 heterocycles. The van der Waals surface area contributed by atoms with E-state index < -0.39 is 0 Å². The molecular formula is C15H17ClFNO. The Balaban J connectivity index is 2.08. The highest BCUT2D eigenvalue weighted by Gasteiger charge is 2.14. The zero-order chi connectivity index (χ0) is 14.0. The molecule has 4 heteroatoms. The molecule has 2 aromatic rings. The Kier molecular flexibility index (Phi) is 4.27. The molecular weight excluding hydrogens is 265 g/mol. The van der Waals surface area contributed by atoms with Crippen molar-refractivity contribution in [2.45, 2.75) is 33.4 Å². The molecule has 1 aromatic heterocycles. The third-order valence-corrected chi connectivity index (χ3v) is 3.55. The number of halogens is 2. The normalized spacial score (nSPS) is 12.7. The van der Waals surface area contributed by atoms with E-state index in [2.05, 4.69) is 5.32 Å². The minimum absolute atomic E-state index is 0.0770. The van der Waals surface area contributed by atoms with Crippen molar-refractivity contribution in [1.82, 2.24) is 5.32 Å². The molecule has 2 nitrogen and oxygen atoms in total. The molecule has 1 atom stereocenters. The number of rotatable bonds is 4. The summed E-state index contributed by atoms with van der Waals surface area (Å²) < 4.78 is 19.1. The zero-order valence-corrected chi connectivity index (χ0v) is 12.0. The van der Waals surface area contributed by atoms with Crippen LogP contribution in [0.15, 0.2) is 28.7 Å². The maximum Gasteiger partial charge on any atom is 0.129 e. The summed E-state index contributed by atoms with van der Waals surface area (Å²) in [5, 5.41) is 3.71. The molecule has 19 heavy (non-hydrogen) atoms. The lowest BCUT2D eigenvalue weighted by Gasteiger charge is -2.14. The molecule has 0 amide bonds. The van der Waals surface area contributed by atoms with Gasteiger partial charge in [0.25, 0.3) is 0 Å². The van der Waals surface area contributed by atoms with Crippen molar-refractivity contribution in [3.05, 3.63) is 57.8 Å². The highest BCUT2D eigenvalue weighted by atomic mass is 35.5. The number of benzene rings is 1. The summed E-state index contributed by atoms with van der Waals surface area (Å²) in [6, 6.07) is 6.79. The van der Waals surface area contributed by atoms with Crippen molar-refractivity contribution in [2.24, 2.45) is 0 Å². The maximum atomic E-state index is 13.6. The first-order valence-electron chi connectivity index (χ1n) is 6.22. The monoisotopic (exact) mass is 281 g/mol. The molecule has 1 aromatic carbocycles. The Morgan fingerprint density at radius 1 is 1.37 bits per heavy atom. The summed E-state index contributed by atoms with van der Waals surface area (Å²) in [5.74, 6) is 1.48. The van der Waals surface area contributed by atoms with Gasteiger partial charge in [-0.1, -0.05) is 17.7 Å². The van der Waals surface area contributed by atoms with Gasteiger partial charge in [0.2, 0.25) is 0 Å². The number of hydrogen-bond donors (Lipinski definition) is 1. The first-order valence-corrected chi connectivity index (χ1v) is 6.60. The second-order valence-corrected chi connectivity index (χ2v) is 5.08. The van der Waals surface area contributed by atoms with Crippen molar-refractivity contribution >= 4 is 11.6 Å². The van der Waals surface area contributed by atoms with Gasteiger partial charge in [0.1, 0.15) is 17.3 Å². The van der Waals surface area contributed by atoms with Crippen LogP contribution in [-0.4, -0.2) is 0 Å². The van der Waals surface area contributed by atoms with Crippen molar-refractivity contribution in [2.75, 3.05) is 0 Å². The highest BCUT2D eigenvalue weighted by molar-refractivity contribution is 6.31. The Hall–Kier alpha value is -1.32. The molecule has 0 fully saturated rings. The Bertz CT molecular complexity index is 559. The molecule has 0 aliphatic rings. The van der Waals surface area contributed by atoms with Crippen LogP contribution >= 0.6 is 11.6 Å². The Morgan fingerprint density at radius 3 is 2.68 bits per heavy atom. The minimum atomic E-state index is -0.285. The van der Waals surface area contributed by atoms with Crippen LogP contribution in [0, 0.1) is 19.7 Å². The molecule has 102 valence electrons. The van der Waals surface area contributed by atoms with Crippen molar-refractivity contribution in [1.29, 1.82) is 0 Å². The van der Waals surface area contributed by atoms with Gasteiger partial charge in [-0.25, -0.2) is 4.39 Å². The number of aryl methyl sites for hydroxylation is 2. The van der Waals surface area contributed by atoms with Crippen molar-refractivity contribution in [3.63, 3.8) is 0 Å². The van der Waals surface area contributed by atoms with E-state index in [0.717, 1.165) is 17.1 Å². The van der Waals surface area contributed by atoms with Crippen LogP contribution in [0.3, 0.4) is 0 Å². The quantitative estimate of drug-likeness (QED) is 0.890. The van der Waals surface area contributed by atoms with E-state index in [-0.39, 0.29) is 11.9 Å². The van der Waals surface area contributed by atoms with Gasteiger partial charge < -0.3 is 9.73 Å². The standard InChI is InChI=1S/C15H17ClFNO/c1-9-7-12(11(3)19-9)10(2)18-8-13-14(16)5-4-6-15(13)17/h4-7,10,18H,8H2,1-3H3. The number of hydrogen-bond acceptors (Lipinski definition) is 2. The average molecular weight is 282 g/mol. The van der Waals surface area contributed by atoms with Crippen LogP contribution in [0.2, 0.25) is 5.02 Å². The average Bonchev–Trinajstić information content (AvgIpc) is 2.67. The molecule has 0 aliphatic heterocycles. The first kappa shape index (κ1) is 14.1. The molecule has 0 aliphatic carbocycles. The third-order valence-electron chi connectivity index (χ3n) is 3.19. The highest BCUT2D eigenvalue weighted by Crippen LogP contribution is 2.23. The summed E-state index contributed by atoms with van der Waals surface area (Å²) in [7, 11) is 0. The lowest BCUT2D eigenvalue weighted by Crippen LogP contribution is -2.19. The van der Waals surface area contributed by atoms with E-state index in [1.807, 2.05) is 26.8 Å². The lowest BCUT2D eigenvalue weighted by atomic mass is 10.1. The SMILES string of the molecule is Cc1cc(C(C)NCc2c(F)cccc2Cl)c(C)o1. The maximum absolute atomic E-state index is 13.6. The predicted octanol–water partition coefficient (Wildman–Crippen LogP) is 4.54. The van der Waals surface area contributed by atoms with Crippen LogP contribution in [0.4, 0.5) is 4.39 Å². The van der Waals surface area contributed by atoms with Gasteiger partial charge in [0.15, 0.2) is 0 Å². The van der Waals surface area contributed by atoms with Crippen molar-refractivity contribution in [3.8, 4) is 0 Å². The number of furan rings is 1. The van der Waals surface area contributed by atoms with Gasteiger partial charge in [-0.05, 0) is 39.0 Å². The van der Waals surface area contributed by atoms with E-state index >= 15 is 0 Å². The third kappa shape index (κ3) is 3.17. The van der Waals surface area contributed by atoms with E-state index in [0.29, 0.717) is 17.1 Å². The van der Waals surface area contributed by atoms with E-state index in [1.165, 1.54) is 6.07 Å². The molecule has 0 spiro atoms. The molecule has 0 saturated carbocycles. The van der Waals surface area contributed by atoms with Crippen LogP contribution in [0.5, 0.6) is 0 Å². The second kappa shape index (κ2) is 5.76. The summed E-state index contributed by atoms with van der Waals surface area (Å²) in [4.78, 5) is 0. The fraction of sp³-hybridized carbons (Fsp3) is 0.333. The summed E-state index contributed by atoms with van der Waals surface area (Å²) in [5.41, 5.74) is 1.58. The van der Waals surface area contributed by atoms with Crippen molar-refractivity contribution < 1.29 is 8.81 Å². The van der Waals surface area contributed by atoms with Crippen LogP contribution in [0.25, 0.3) is 0 Å². The number of nitrogens with one attached hydrogen (secondary N) is 1. The molecule has 2 rings (SSSR count). The largest absolute Gasteiger partial charge is 0.466 e. The van der Waals surface area contributed by atoms with Gasteiger partial charge in [0.05, 0.1) is 0 Å². The first-order chi connectivity index (χ1) is 8.99. The Morgan fingerprint density at radius 2 is 2.11 bits per heavy atom. The van der Waals surface area contributed by atoms with Gasteiger partial charge in [-0.2, -0.15) is 0 Å². The molecule has 1 unspecified atom stereocenters. The minimum Gasteiger partial charge on any atom is -0.466 e. The van der Waals surface area contributed by atoms with Gasteiger partial charge in [-0.15, -0.1) is 0 Å². The fourth-order valence-electron chi connectivity index (χ4n) is 2.15. The second-order valence-electron chi connectivity index (χ2n) is 4.67. The molecule has 0 saturated heterocycles. The predicted molar refractivity (Wildman–Crippen MR) is 74.8 cm³/mol. The van der Waals surface area contributed by atoms with Crippen LogP contribution < -0.4 is 5.32 Å². The van der Waals surface area contributed by atoms with Gasteiger partial charge in [-0.3, -0.25) is 0 Å². The lowest BCUT2D eigenvalue weighted by molar-refractivity contribution is 0.487. The van der Waals surface area contributed by atoms with E-state index in [9.17, 15) is 4.39 Å². The fourth-order valence-corrected chi connectivity index (χ4v) is 2.38. The molecule has 0 bridgehead atoms. The van der Waals surface area contributed by atoms with Gasteiger partial charge >= 0.3 is 0 Å². The topological polar surface area (TPSA) is 25.2 Å². The summed E-state index contributed by atoms with van der Waals surface area (Å²) in [6.45, 7) is 6.25. The zero-order valence-electron chi connectivity index (χ0n) is 11.3. The van der Waals surface area contributed by atoms with Crippen LogP contribution in [-0.2, 0) is 6.54 Å². The van der Waals surface area contributed by atoms with E-state index in [4.69, 9.17) is 16.0 Å². The smallest absolute Gasteiger partial charge is 0.129 e. The summed E-state index contributed by atoms with van der Waals surface area (Å²) in [6.07, 6.45) is 0. The molecule has 0 radical (unpaired) electrons.